The summed E-state index contributed by atoms with van der Waals surface area (Å²) in [5.41, 5.74) is 0.460. The Hall–Kier alpha value is -0.550. The normalized spacial score (nSPS) is 22.9. The quantitative estimate of drug-likeness (QED) is 0.664. The molecule has 0 amide bonds. The average Bonchev–Trinajstić information content (AvgIpc) is 2.60. The highest BCUT2D eigenvalue weighted by molar-refractivity contribution is 4.83. The van der Waals surface area contributed by atoms with Gasteiger partial charge in [-0.05, 0) is 43.7 Å². The van der Waals surface area contributed by atoms with E-state index in [2.05, 4.69) is 31.7 Å². The summed E-state index contributed by atoms with van der Waals surface area (Å²) < 4.78 is 0. The van der Waals surface area contributed by atoms with Crippen LogP contribution in [-0.2, 0) is 0 Å². The Balaban J connectivity index is 2.17. The van der Waals surface area contributed by atoms with Gasteiger partial charge in [0.05, 0.1) is 6.07 Å². The van der Waals surface area contributed by atoms with E-state index in [4.69, 9.17) is 5.26 Å². The minimum Gasteiger partial charge on any atom is -0.303 e. The van der Waals surface area contributed by atoms with Crippen LogP contribution in [0.15, 0.2) is 0 Å². The molecule has 1 aliphatic heterocycles. The highest BCUT2D eigenvalue weighted by atomic mass is 15.1. The molecular formula is C13H24N2. The van der Waals surface area contributed by atoms with Gasteiger partial charge in [0.25, 0.3) is 0 Å². The van der Waals surface area contributed by atoms with Crippen molar-refractivity contribution in [2.45, 2.75) is 46.5 Å². The van der Waals surface area contributed by atoms with Gasteiger partial charge in [-0.2, -0.15) is 5.26 Å². The average molecular weight is 208 g/mol. The molecule has 1 rings (SSSR count). The Morgan fingerprint density at radius 3 is 2.60 bits per heavy atom. The standard InChI is InChI=1S/C13H24N2/c1-13(2,3)12-7-10-15(11-12)9-6-4-5-8-14/h12H,4-7,9-11H2,1-3H3. The molecular weight excluding hydrogens is 184 g/mol. The van der Waals surface area contributed by atoms with E-state index in [1.54, 1.807) is 0 Å². The van der Waals surface area contributed by atoms with Crippen LogP contribution in [0.5, 0.6) is 0 Å². The summed E-state index contributed by atoms with van der Waals surface area (Å²) in [5.74, 6) is 0.855. The maximum Gasteiger partial charge on any atom is 0.0621 e. The zero-order valence-electron chi connectivity index (χ0n) is 10.4. The Labute approximate surface area is 94.3 Å². The van der Waals surface area contributed by atoms with Crippen LogP contribution < -0.4 is 0 Å². The van der Waals surface area contributed by atoms with E-state index in [1.165, 1.54) is 32.5 Å². The van der Waals surface area contributed by atoms with Gasteiger partial charge >= 0.3 is 0 Å². The lowest BCUT2D eigenvalue weighted by atomic mass is 9.80. The third kappa shape index (κ3) is 4.22. The molecule has 0 saturated carbocycles. The number of likely N-dealkylation sites (tertiary alicyclic amines) is 1. The molecule has 86 valence electrons. The van der Waals surface area contributed by atoms with E-state index < -0.39 is 0 Å². The fourth-order valence-electron chi connectivity index (χ4n) is 2.28. The SMILES string of the molecule is CC(C)(C)C1CCN(CCCCC#N)C1. The van der Waals surface area contributed by atoms with E-state index in [0.29, 0.717) is 5.41 Å². The molecule has 0 aromatic carbocycles. The highest BCUT2D eigenvalue weighted by Crippen LogP contribution is 2.33. The van der Waals surface area contributed by atoms with Gasteiger partial charge in [0.2, 0.25) is 0 Å². The molecule has 0 radical (unpaired) electrons. The minimum atomic E-state index is 0.460. The monoisotopic (exact) mass is 208 g/mol. The van der Waals surface area contributed by atoms with E-state index in [-0.39, 0.29) is 0 Å². The molecule has 0 aromatic heterocycles. The molecule has 0 N–H and O–H groups in total. The predicted molar refractivity (Wildman–Crippen MR) is 63.5 cm³/mol. The number of unbranched alkanes of at least 4 members (excludes halogenated alkanes) is 2. The van der Waals surface area contributed by atoms with Crippen LogP contribution in [0.3, 0.4) is 0 Å². The van der Waals surface area contributed by atoms with Gasteiger partial charge in [0.15, 0.2) is 0 Å². The Kier molecular flexibility index (Phi) is 4.60. The van der Waals surface area contributed by atoms with E-state index in [1.807, 2.05) is 0 Å². The second-order valence-electron chi connectivity index (χ2n) is 5.77. The maximum absolute atomic E-state index is 8.44. The van der Waals surface area contributed by atoms with Gasteiger partial charge in [0.1, 0.15) is 0 Å². The number of nitriles is 1. The number of hydrogen-bond donors (Lipinski definition) is 0. The van der Waals surface area contributed by atoms with Crippen LogP contribution in [0, 0.1) is 22.7 Å². The van der Waals surface area contributed by atoms with Crippen molar-refractivity contribution in [2.75, 3.05) is 19.6 Å². The van der Waals surface area contributed by atoms with Gasteiger partial charge in [-0.25, -0.2) is 0 Å². The molecule has 2 heteroatoms. The van der Waals surface area contributed by atoms with Crippen LogP contribution >= 0.6 is 0 Å². The molecule has 15 heavy (non-hydrogen) atoms. The zero-order valence-corrected chi connectivity index (χ0v) is 10.4. The molecule has 0 bridgehead atoms. The summed E-state index contributed by atoms with van der Waals surface area (Å²) in [6.07, 6.45) is 4.32. The largest absolute Gasteiger partial charge is 0.303 e. The summed E-state index contributed by atoms with van der Waals surface area (Å²) in [6, 6.07) is 2.21. The second kappa shape index (κ2) is 5.51. The molecule has 0 spiro atoms. The lowest BCUT2D eigenvalue weighted by Gasteiger charge is -2.27. The van der Waals surface area contributed by atoms with E-state index >= 15 is 0 Å². The number of rotatable bonds is 4. The van der Waals surface area contributed by atoms with Crippen molar-refractivity contribution >= 4 is 0 Å². The Morgan fingerprint density at radius 1 is 1.33 bits per heavy atom. The Morgan fingerprint density at radius 2 is 2.07 bits per heavy atom. The second-order valence-corrected chi connectivity index (χ2v) is 5.77. The molecule has 0 aromatic rings. The first-order valence-corrected chi connectivity index (χ1v) is 6.13. The first-order valence-electron chi connectivity index (χ1n) is 6.13. The lowest BCUT2D eigenvalue weighted by molar-refractivity contribution is 0.228. The Bertz CT molecular complexity index is 222. The van der Waals surface area contributed by atoms with Gasteiger partial charge in [-0.3, -0.25) is 0 Å². The van der Waals surface area contributed by atoms with Crippen LogP contribution in [0.1, 0.15) is 46.5 Å². The van der Waals surface area contributed by atoms with E-state index in [0.717, 1.165) is 18.8 Å². The third-order valence-electron chi connectivity index (χ3n) is 3.51. The fourth-order valence-corrected chi connectivity index (χ4v) is 2.28. The number of hydrogen-bond acceptors (Lipinski definition) is 2. The third-order valence-corrected chi connectivity index (χ3v) is 3.51. The first-order chi connectivity index (χ1) is 7.04. The molecule has 1 saturated heterocycles. The molecule has 1 aliphatic rings. The van der Waals surface area contributed by atoms with E-state index in [9.17, 15) is 0 Å². The first kappa shape index (κ1) is 12.5. The van der Waals surface area contributed by atoms with Gasteiger partial charge in [-0.1, -0.05) is 20.8 Å². The maximum atomic E-state index is 8.44. The summed E-state index contributed by atoms with van der Waals surface area (Å²) in [7, 11) is 0. The molecule has 1 fully saturated rings. The molecule has 1 heterocycles. The van der Waals surface area contributed by atoms with Crippen LogP contribution in [0.25, 0.3) is 0 Å². The van der Waals surface area contributed by atoms with Crippen molar-refractivity contribution in [1.29, 1.82) is 5.26 Å². The van der Waals surface area contributed by atoms with Crippen molar-refractivity contribution in [3.63, 3.8) is 0 Å². The summed E-state index contributed by atoms with van der Waals surface area (Å²) >= 11 is 0. The zero-order chi connectivity index (χ0) is 11.3. The van der Waals surface area contributed by atoms with Crippen molar-refractivity contribution in [1.82, 2.24) is 4.90 Å². The summed E-state index contributed by atoms with van der Waals surface area (Å²) in [6.45, 7) is 10.7. The van der Waals surface area contributed by atoms with Crippen molar-refractivity contribution in [3.8, 4) is 6.07 Å². The van der Waals surface area contributed by atoms with Crippen LogP contribution in [0.2, 0.25) is 0 Å². The summed E-state index contributed by atoms with van der Waals surface area (Å²) in [5, 5.41) is 8.44. The molecule has 0 aliphatic carbocycles. The fraction of sp³-hybridized carbons (Fsp3) is 0.923. The number of nitrogens with zero attached hydrogens (tertiary/aromatic N) is 2. The van der Waals surface area contributed by atoms with Gasteiger partial charge in [0, 0.05) is 13.0 Å². The predicted octanol–water partition coefficient (Wildman–Crippen LogP) is 3.05. The van der Waals surface area contributed by atoms with Crippen LogP contribution in [-0.4, -0.2) is 24.5 Å². The highest BCUT2D eigenvalue weighted by Gasteiger charge is 2.31. The summed E-state index contributed by atoms with van der Waals surface area (Å²) in [4.78, 5) is 2.56. The van der Waals surface area contributed by atoms with Crippen molar-refractivity contribution < 1.29 is 0 Å². The van der Waals surface area contributed by atoms with Gasteiger partial charge in [-0.15, -0.1) is 0 Å². The van der Waals surface area contributed by atoms with Crippen LogP contribution in [0.4, 0.5) is 0 Å². The van der Waals surface area contributed by atoms with Gasteiger partial charge < -0.3 is 4.90 Å². The lowest BCUT2D eigenvalue weighted by Crippen LogP contribution is -2.26. The minimum absolute atomic E-state index is 0.460. The molecule has 1 unspecified atom stereocenters. The van der Waals surface area contributed by atoms with Crippen molar-refractivity contribution in [3.05, 3.63) is 0 Å². The molecule has 1 atom stereocenters. The molecule has 2 nitrogen and oxygen atoms in total. The topological polar surface area (TPSA) is 27.0 Å². The smallest absolute Gasteiger partial charge is 0.0621 e. The van der Waals surface area contributed by atoms with Crippen molar-refractivity contribution in [2.24, 2.45) is 11.3 Å².